The fourth-order valence-corrected chi connectivity index (χ4v) is 5.43. The van der Waals surface area contributed by atoms with Gasteiger partial charge in [0.05, 0.1) is 18.3 Å². The first-order chi connectivity index (χ1) is 19.4. The van der Waals surface area contributed by atoms with Crippen LogP contribution in [0.3, 0.4) is 0 Å². The van der Waals surface area contributed by atoms with E-state index in [2.05, 4.69) is 25.4 Å². The number of nitrogens with zero attached hydrogens (tertiary/aromatic N) is 6. The van der Waals surface area contributed by atoms with Crippen LogP contribution < -0.4 is 5.56 Å². The van der Waals surface area contributed by atoms with E-state index in [1.807, 2.05) is 32.0 Å². The van der Waals surface area contributed by atoms with Gasteiger partial charge in [0.2, 0.25) is 0 Å². The molecule has 0 spiro atoms. The van der Waals surface area contributed by atoms with Gasteiger partial charge in [0.25, 0.3) is 11.5 Å². The predicted molar refractivity (Wildman–Crippen MR) is 145 cm³/mol. The molecule has 11 heteroatoms. The lowest BCUT2D eigenvalue weighted by atomic mass is 10.00. The lowest BCUT2D eigenvalue weighted by Gasteiger charge is -2.38. The Labute approximate surface area is 229 Å². The first-order valence-corrected chi connectivity index (χ1v) is 13.1. The molecule has 40 heavy (non-hydrogen) atoms. The summed E-state index contributed by atoms with van der Waals surface area (Å²) in [5.41, 5.74) is 3.97. The Kier molecular flexibility index (Phi) is 6.72. The maximum Gasteiger partial charge on any atom is 0.289 e. The van der Waals surface area contributed by atoms with Crippen molar-refractivity contribution in [3.05, 3.63) is 111 Å². The summed E-state index contributed by atoms with van der Waals surface area (Å²) in [6, 6.07) is 14.9. The van der Waals surface area contributed by atoms with Crippen molar-refractivity contribution in [2.75, 3.05) is 26.2 Å². The standard InChI is InChI=1S/C29H28FN7O3/c1-18-14-19(2)25-21(15-18)16-23(28(38)31-25)26(27-32-33-34-37(27)17-20-5-7-22(30)8-6-20)35-9-11-36(12-10-35)29(39)24-4-3-13-40-24/h3-8,13-16,26H,9-12,17H2,1-2H3,(H,31,38)/t26-/m1/s1. The van der Waals surface area contributed by atoms with Gasteiger partial charge in [0, 0.05) is 31.7 Å². The SMILES string of the molecule is Cc1cc(C)c2[nH]c(=O)c([C@H](c3nnnn3Cc3ccc(F)cc3)N3CCN(C(=O)c4ccco4)CC3)cc2c1. The van der Waals surface area contributed by atoms with Gasteiger partial charge in [-0.2, -0.15) is 0 Å². The van der Waals surface area contributed by atoms with E-state index in [1.165, 1.54) is 18.4 Å². The lowest BCUT2D eigenvalue weighted by Crippen LogP contribution is -2.50. The van der Waals surface area contributed by atoms with E-state index in [0.717, 1.165) is 27.6 Å². The van der Waals surface area contributed by atoms with Crippen molar-refractivity contribution >= 4 is 16.8 Å². The number of carbonyl (C=O) groups excluding carboxylic acids is 1. The van der Waals surface area contributed by atoms with E-state index in [9.17, 15) is 14.0 Å². The number of carbonyl (C=O) groups is 1. The minimum Gasteiger partial charge on any atom is -0.459 e. The highest BCUT2D eigenvalue weighted by Gasteiger charge is 2.34. The van der Waals surface area contributed by atoms with Crippen molar-refractivity contribution in [1.82, 2.24) is 35.0 Å². The van der Waals surface area contributed by atoms with Crippen LogP contribution in [0.25, 0.3) is 10.9 Å². The van der Waals surface area contributed by atoms with Crippen molar-refractivity contribution in [2.45, 2.75) is 26.4 Å². The number of amides is 1. The predicted octanol–water partition coefficient (Wildman–Crippen LogP) is 3.46. The van der Waals surface area contributed by atoms with E-state index in [1.54, 1.807) is 33.8 Å². The summed E-state index contributed by atoms with van der Waals surface area (Å²) in [5.74, 6) is 0.292. The highest BCUT2D eigenvalue weighted by molar-refractivity contribution is 5.91. The van der Waals surface area contributed by atoms with Crippen LogP contribution in [0.2, 0.25) is 0 Å². The van der Waals surface area contributed by atoms with Crippen LogP contribution in [0, 0.1) is 19.7 Å². The largest absolute Gasteiger partial charge is 0.459 e. The molecule has 0 radical (unpaired) electrons. The Hall–Kier alpha value is -4.64. The molecule has 1 saturated heterocycles. The Balaban J connectivity index is 1.39. The lowest BCUT2D eigenvalue weighted by molar-refractivity contribution is 0.0558. The molecular weight excluding hydrogens is 513 g/mol. The summed E-state index contributed by atoms with van der Waals surface area (Å²) in [7, 11) is 0. The second kappa shape index (κ2) is 10.5. The molecule has 1 atom stereocenters. The molecule has 1 aliphatic rings. The topological polar surface area (TPSA) is 113 Å². The summed E-state index contributed by atoms with van der Waals surface area (Å²) in [4.78, 5) is 33.4. The first kappa shape index (κ1) is 25.6. The Bertz CT molecular complexity index is 1720. The zero-order valence-electron chi connectivity index (χ0n) is 22.2. The van der Waals surface area contributed by atoms with E-state index in [-0.39, 0.29) is 17.3 Å². The van der Waals surface area contributed by atoms with Gasteiger partial charge in [-0.3, -0.25) is 14.5 Å². The summed E-state index contributed by atoms with van der Waals surface area (Å²) >= 11 is 0. The van der Waals surface area contributed by atoms with E-state index in [0.29, 0.717) is 49.9 Å². The first-order valence-electron chi connectivity index (χ1n) is 13.1. The third kappa shape index (κ3) is 4.91. The number of aromatic nitrogens is 5. The number of tetrazole rings is 1. The number of halogens is 1. The molecule has 4 heterocycles. The van der Waals surface area contributed by atoms with E-state index in [4.69, 9.17) is 4.42 Å². The number of hydrogen-bond donors (Lipinski definition) is 1. The number of nitrogens with one attached hydrogen (secondary N) is 1. The van der Waals surface area contributed by atoms with Gasteiger partial charge in [-0.15, -0.1) is 5.10 Å². The summed E-state index contributed by atoms with van der Waals surface area (Å²) in [5, 5.41) is 13.5. The molecule has 6 rings (SSSR count). The molecular formula is C29H28FN7O3. The number of fused-ring (bicyclic) bond motifs is 1. The van der Waals surface area contributed by atoms with Crippen LogP contribution in [-0.2, 0) is 6.54 Å². The van der Waals surface area contributed by atoms with Gasteiger partial charge < -0.3 is 14.3 Å². The number of hydrogen-bond acceptors (Lipinski definition) is 7. The number of furan rings is 1. The monoisotopic (exact) mass is 541 g/mol. The fourth-order valence-electron chi connectivity index (χ4n) is 5.43. The highest BCUT2D eigenvalue weighted by atomic mass is 19.1. The van der Waals surface area contributed by atoms with Gasteiger partial charge in [0.15, 0.2) is 11.6 Å². The third-order valence-electron chi connectivity index (χ3n) is 7.37. The van der Waals surface area contributed by atoms with Crippen LogP contribution in [-0.4, -0.2) is 67.1 Å². The zero-order valence-corrected chi connectivity index (χ0v) is 22.2. The second-order valence-corrected chi connectivity index (χ2v) is 10.1. The van der Waals surface area contributed by atoms with Crippen molar-refractivity contribution in [3.63, 3.8) is 0 Å². The molecule has 1 N–H and O–H groups in total. The molecule has 5 aromatic rings. The second-order valence-electron chi connectivity index (χ2n) is 10.1. The van der Waals surface area contributed by atoms with Crippen molar-refractivity contribution in [1.29, 1.82) is 0 Å². The maximum atomic E-state index is 13.6. The molecule has 204 valence electrons. The average molecular weight is 542 g/mol. The van der Waals surface area contributed by atoms with Crippen LogP contribution in [0.1, 0.15) is 44.7 Å². The number of pyridine rings is 1. The number of benzene rings is 2. The van der Waals surface area contributed by atoms with Gasteiger partial charge in [-0.05, 0) is 77.2 Å². The number of aryl methyl sites for hydroxylation is 2. The molecule has 1 amide bonds. The summed E-state index contributed by atoms with van der Waals surface area (Å²) in [6.07, 6.45) is 1.48. The Morgan fingerprint density at radius 3 is 2.58 bits per heavy atom. The van der Waals surface area contributed by atoms with Crippen LogP contribution in [0.4, 0.5) is 4.39 Å². The van der Waals surface area contributed by atoms with Gasteiger partial charge in [0.1, 0.15) is 11.9 Å². The molecule has 0 unspecified atom stereocenters. The van der Waals surface area contributed by atoms with E-state index < -0.39 is 6.04 Å². The molecule has 1 aliphatic heterocycles. The summed E-state index contributed by atoms with van der Waals surface area (Å²) in [6.45, 7) is 6.17. The molecule has 2 aromatic carbocycles. The van der Waals surface area contributed by atoms with Gasteiger partial charge in [-0.25, -0.2) is 9.07 Å². The third-order valence-corrected chi connectivity index (χ3v) is 7.37. The van der Waals surface area contributed by atoms with Gasteiger partial charge >= 0.3 is 0 Å². The minimum atomic E-state index is -0.578. The number of H-pyrrole nitrogens is 1. The smallest absolute Gasteiger partial charge is 0.289 e. The normalized spacial score (nSPS) is 15.0. The molecule has 10 nitrogen and oxygen atoms in total. The average Bonchev–Trinajstić information content (AvgIpc) is 3.64. The number of piperazine rings is 1. The number of rotatable bonds is 6. The van der Waals surface area contributed by atoms with E-state index >= 15 is 0 Å². The van der Waals surface area contributed by atoms with Crippen LogP contribution in [0.15, 0.2) is 70.1 Å². The zero-order chi connectivity index (χ0) is 27.8. The van der Waals surface area contributed by atoms with Crippen molar-refractivity contribution in [2.24, 2.45) is 0 Å². The van der Waals surface area contributed by atoms with Crippen molar-refractivity contribution < 1.29 is 13.6 Å². The maximum absolute atomic E-state index is 13.6. The quantitative estimate of drug-likeness (QED) is 0.350. The highest BCUT2D eigenvalue weighted by Crippen LogP contribution is 2.29. The molecule has 0 bridgehead atoms. The Morgan fingerprint density at radius 2 is 1.85 bits per heavy atom. The molecule has 0 aliphatic carbocycles. The van der Waals surface area contributed by atoms with Crippen LogP contribution in [0.5, 0.6) is 0 Å². The molecule has 3 aromatic heterocycles. The van der Waals surface area contributed by atoms with Crippen molar-refractivity contribution in [3.8, 4) is 0 Å². The molecule has 1 fully saturated rings. The van der Waals surface area contributed by atoms with Crippen LogP contribution >= 0.6 is 0 Å². The number of aromatic amines is 1. The fraction of sp³-hybridized carbons (Fsp3) is 0.276. The van der Waals surface area contributed by atoms with Gasteiger partial charge in [-0.1, -0.05) is 23.8 Å². The minimum absolute atomic E-state index is 0.170. The Morgan fingerprint density at radius 1 is 1.07 bits per heavy atom. The summed E-state index contributed by atoms with van der Waals surface area (Å²) < 4.78 is 20.5. The molecule has 0 saturated carbocycles.